The minimum absolute atomic E-state index is 0.215. The number of hydrogen-bond acceptors (Lipinski definition) is 2. The first-order valence-electron chi connectivity index (χ1n) is 5.09. The predicted octanol–water partition coefficient (Wildman–Crippen LogP) is 2.36. The second-order valence-electron chi connectivity index (χ2n) is 3.99. The van der Waals surface area contributed by atoms with Crippen molar-refractivity contribution in [1.29, 1.82) is 0 Å². The van der Waals surface area contributed by atoms with Gasteiger partial charge in [0.25, 0.3) is 0 Å². The van der Waals surface area contributed by atoms with Crippen molar-refractivity contribution in [3.8, 4) is 5.75 Å². The van der Waals surface area contributed by atoms with Gasteiger partial charge in [-0.3, -0.25) is 0 Å². The van der Waals surface area contributed by atoms with Crippen LogP contribution in [-0.2, 0) is 6.42 Å². The number of benzene rings is 1. The Morgan fingerprint density at radius 2 is 1.71 bits per heavy atom. The van der Waals surface area contributed by atoms with E-state index in [2.05, 4.69) is 12.1 Å². The second kappa shape index (κ2) is 5.01. The molecule has 1 aromatic carbocycles. The molecule has 14 heavy (non-hydrogen) atoms. The Bertz CT molecular complexity index is 235. The van der Waals surface area contributed by atoms with Gasteiger partial charge in [-0.05, 0) is 44.9 Å². The molecule has 0 aliphatic heterocycles. The Balaban J connectivity index is 2.59. The van der Waals surface area contributed by atoms with Crippen molar-refractivity contribution in [2.24, 2.45) is 5.73 Å². The lowest BCUT2D eigenvalue weighted by molar-refractivity contribution is 0.242. The van der Waals surface area contributed by atoms with Crippen LogP contribution in [0.5, 0.6) is 5.75 Å². The van der Waals surface area contributed by atoms with Gasteiger partial charge < -0.3 is 10.5 Å². The Morgan fingerprint density at radius 1 is 1.14 bits per heavy atom. The van der Waals surface area contributed by atoms with Gasteiger partial charge in [-0.15, -0.1) is 0 Å². The zero-order chi connectivity index (χ0) is 10.6. The summed E-state index contributed by atoms with van der Waals surface area (Å²) in [6.07, 6.45) is 1.15. The van der Waals surface area contributed by atoms with Gasteiger partial charge in [0.1, 0.15) is 5.75 Å². The van der Waals surface area contributed by atoms with E-state index in [0.29, 0.717) is 0 Å². The Kier molecular flexibility index (Phi) is 3.96. The van der Waals surface area contributed by atoms with Crippen LogP contribution in [0, 0.1) is 0 Å². The molecule has 0 saturated carbocycles. The molecule has 2 heteroatoms. The zero-order valence-corrected chi connectivity index (χ0v) is 9.16. The van der Waals surface area contributed by atoms with E-state index in [-0.39, 0.29) is 12.1 Å². The summed E-state index contributed by atoms with van der Waals surface area (Å²) in [5, 5.41) is 0. The van der Waals surface area contributed by atoms with E-state index in [1.807, 2.05) is 32.9 Å². The monoisotopic (exact) mass is 193 g/mol. The number of hydrogen-bond donors (Lipinski definition) is 1. The molecule has 1 rings (SSSR count). The molecule has 0 aliphatic rings. The van der Waals surface area contributed by atoms with Crippen molar-refractivity contribution in [2.75, 3.05) is 0 Å². The van der Waals surface area contributed by atoms with Crippen LogP contribution in [0.2, 0.25) is 0 Å². The molecular formula is C12H19NO. The van der Waals surface area contributed by atoms with Gasteiger partial charge in [0.2, 0.25) is 0 Å². The lowest BCUT2D eigenvalue weighted by Gasteiger charge is -2.10. The first-order chi connectivity index (χ1) is 6.58. The smallest absolute Gasteiger partial charge is 0.119 e. The normalized spacial score (nSPS) is 12.9. The van der Waals surface area contributed by atoms with Crippen LogP contribution < -0.4 is 10.5 Å². The van der Waals surface area contributed by atoms with Gasteiger partial charge in [-0.25, -0.2) is 0 Å². The molecule has 0 aliphatic carbocycles. The van der Waals surface area contributed by atoms with Gasteiger partial charge in [-0.1, -0.05) is 12.1 Å². The molecule has 0 bridgehead atoms. The molecular weight excluding hydrogens is 174 g/mol. The van der Waals surface area contributed by atoms with E-state index in [1.165, 1.54) is 5.56 Å². The van der Waals surface area contributed by atoms with Crippen LogP contribution in [0.3, 0.4) is 0 Å². The highest BCUT2D eigenvalue weighted by Gasteiger charge is 1.99. The van der Waals surface area contributed by atoms with Crippen molar-refractivity contribution in [2.45, 2.75) is 39.3 Å². The maximum atomic E-state index is 5.71. The lowest BCUT2D eigenvalue weighted by Crippen LogP contribution is -2.17. The van der Waals surface area contributed by atoms with Crippen molar-refractivity contribution < 1.29 is 4.74 Å². The lowest BCUT2D eigenvalue weighted by atomic mass is 10.1. The summed E-state index contributed by atoms with van der Waals surface area (Å²) in [6, 6.07) is 8.35. The van der Waals surface area contributed by atoms with Gasteiger partial charge in [0, 0.05) is 6.04 Å². The standard InChI is InChI=1S/C12H19NO/c1-9(2)14-12-6-4-11(5-7-12)8-10(3)13/h4-7,9-10H,8,13H2,1-3H3. The van der Waals surface area contributed by atoms with Crippen molar-refractivity contribution in [3.63, 3.8) is 0 Å². The third kappa shape index (κ3) is 3.79. The Hall–Kier alpha value is -1.02. The van der Waals surface area contributed by atoms with E-state index in [0.717, 1.165) is 12.2 Å². The van der Waals surface area contributed by atoms with Gasteiger partial charge >= 0.3 is 0 Å². The molecule has 2 N–H and O–H groups in total. The van der Waals surface area contributed by atoms with Crippen molar-refractivity contribution >= 4 is 0 Å². The number of ether oxygens (including phenoxy) is 1. The summed E-state index contributed by atoms with van der Waals surface area (Å²) in [7, 11) is 0. The van der Waals surface area contributed by atoms with Crippen LogP contribution in [-0.4, -0.2) is 12.1 Å². The third-order valence-electron chi connectivity index (χ3n) is 1.85. The van der Waals surface area contributed by atoms with Crippen molar-refractivity contribution in [3.05, 3.63) is 29.8 Å². The molecule has 1 aromatic rings. The van der Waals surface area contributed by atoms with Crippen LogP contribution >= 0.6 is 0 Å². The Labute approximate surface area is 86.1 Å². The average molecular weight is 193 g/mol. The molecule has 0 saturated heterocycles. The minimum atomic E-state index is 0.215. The predicted molar refractivity (Wildman–Crippen MR) is 59.6 cm³/mol. The van der Waals surface area contributed by atoms with E-state index < -0.39 is 0 Å². The summed E-state index contributed by atoms with van der Waals surface area (Å²) in [6.45, 7) is 6.06. The highest BCUT2D eigenvalue weighted by atomic mass is 16.5. The first-order valence-corrected chi connectivity index (χ1v) is 5.09. The van der Waals surface area contributed by atoms with E-state index in [4.69, 9.17) is 10.5 Å². The quantitative estimate of drug-likeness (QED) is 0.796. The summed E-state index contributed by atoms with van der Waals surface area (Å²) in [5.41, 5.74) is 6.97. The molecule has 0 spiro atoms. The molecule has 0 fully saturated rings. The first kappa shape index (κ1) is 11.1. The largest absolute Gasteiger partial charge is 0.491 e. The fraction of sp³-hybridized carbons (Fsp3) is 0.500. The molecule has 0 radical (unpaired) electrons. The highest BCUT2D eigenvalue weighted by Crippen LogP contribution is 2.14. The summed E-state index contributed by atoms with van der Waals surface area (Å²) < 4.78 is 5.54. The Morgan fingerprint density at radius 3 is 2.14 bits per heavy atom. The zero-order valence-electron chi connectivity index (χ0n) is 9.16. The molecule has 1 atom stereocenters. The topological polar surface area (TPSA) is 35.2 Å². The van der Waals surface area contributed by atoms with Crippen LogP contribution in [0.1, 0.15) is 26.3 Å². The number of rotatable bonds is 4. The van der Waals surface area contributed by atoms with Crippen LogP contribution in [0.15, 0.2) is 24.3 Å². The van der Waals surface area contributed by atoms with E-state index >= 15 is 0 Å². The molecule has 1 unspecified atom stereocenters. The second-order valence-corrected chi connectivity index (χ2v) is 3.99. The summed E-state index contributed by atoms with van der Waals surface area (Å²) >= 11 is 0. The number of nitrogens with two attached hydrogens (primary N) is 1. The molecule has 78 valence electrons. The van der Waals surface area contributed by atoms with E-state index in [1.54, 1.807) is 0 Å². The van der Waals surface area contributed by atoms with Gasteiger partial charge in [-0.2, -0.15) is 0 Å². The summed E-state index contributed by atoms with van der Waals surface area (Å²) in [5.74, 6) is 0.924. The fourth-order valence-electron chi connectivity index (χ4n) is 1.35. The fourth-order valence-corrected chi connectivity index (χ4v) is 1.35. The van der Waals surface area contributed by atoms with Gasteiger partial charge in [0.15, 0.2) is 0 Å². The summed E-state index contributed by atoms with van der Waals surface area (Å²) in [4.78, 5) is 0. The van der Waals surface area contributed by atoms with E-state index in [9.17, 15) is 0 Å². The molecule has 0 amide bonds. The maximum absolute atomic E-state index is 5.71. The van der Waals surface area contributed by atoms with Crippen LogP contribution in [0.4, 0.5) is 0 Å². The SMILES string of the molecule is CC(N)Cc1ccc(OC(C)C)cc1. The maximum Gasteiger partial charge on any atom is 0.119 e. The minimum Gasteiger partial charge on any atom is -0.491 e. The van der Waals surface area contributed by atoms with Crippen molar-refractivity contribution in [1.82, 2.24) is 0 Å². The van der Waals surface area contributed by atoms with Crippen LogP contribution in [0.25, 0.3) is 0 Å². The molecule has 2 nitrogen and oxygen atoms in total. The molecule has 0 heterocycles. The third-order valence-corrected chi connectivity index (χ3v) is 1.85. The molecule has 0 aromatic heterocycles. The van der Waals surface area contributed by atoms with Gasteiger partial charge in [0.05, 0.1) is 6.10 Å². The average Bonchev–Trinajstić information content (AvgIpc) is 2.06. The highest BCUT2D eigenvalue weighted by molar-refractivity contribution is 5.27.